The van der Waals surface area contributed by atoms with Crippen molar-refractivity contribution < 1.29 is 5.11 Å². The zero-order valence-corrected chi connectivity index (χ0v) is 7.84. The molecule has 0 unspecified atom stereocenters. The third-order valence-corrected chi connectivity index (χ3v) is 3.75. The van der Waals surface area contributed by atoms with E-state index in [0.717, 1.165) is 24.7 Å². The average Bonchev–Trinajstić information content (AvgIpc) is 2.56. The van der Waals surface area contributed by atoms with Gasteiger partial charge in [0.25, 0.3) is 0 Å². The lowest BCUT2D eigenvalue weighted by Gasteiger charge is -2.30. The second kappa shape index (κ2) is 3.78. The molecule has 0 saturated heterocycles. The molecule has 70 valence electrons. The predicted molar refractivity (Wildman–Crippen MR) is 49.9 cm³/mol. The van der Waals surface area contributed by atoms with Gasteiger partial charge in [-0.05, 0) is 31.1 Å². The van der Waals surface area contributed by atoms with Crippen molar-refractivity contribution in [2.24, 2.45) is 11.8 Å². The molecule has 2 aliphatic carbocycles. The number of hydrogen-bond donors (Lipinski definition) is 1. The predicted octanol–water partition coefficient (Wildman–Crippen LogP) is 2.73. The van der Waals surface area contributed by atoms with Gasteiger partial charge in [0.15, 0.2) is 0 Å². The van der Waals surface area contributed by atoms with Crippen LogP contribution in [-0.4, -0.2) is 11.2 Å². The molecule has 2 atom stereocenters. The van der Waals surface area contributed by atoms with Gasteiger partial charge < -0.3 is 5.11 Å². The van der Waals surface area contributed by atoms with Crippen LogP contribution in [0.3, 0.4) is 0 Å². The summed E-state index contributed by atoms with van der Waals surface area (Å²) in [5, 5.41) is 9.54. The van der Waals surface area contributed by atoms with Crippen LogP contribution >= 0.6 is 0 Å². The van der Waals surface area contributed by atoms with E-state index in [1.54, 1.807) is 0 Å². The van der Waals surface area contributed by atoms with E-state index in [1.165, 1.54) is 38.5 Å². The SMILES string of the molecule is O[C@H]1CCC[C@H](C2CCCC2)C1. The fourth-order valence-electron chi connectivity index (χ4n) is 3.06. The van der Waals surface area contributed by atoms with Crippen molar-refractivity contribution in [3.05, 3.63) is 0 Å². The summed E-state index contributed by atoms with van der Waals surface area (Å²) in [7, 11) is 0. The Morgan fingerprint density at radius 3 is 2.08 bits per heavy atom. The van der Waals surface area contributed by atoms with Crippen LogP contribution < -0.4 is 0 Å². The highest BCUT2D eigenvalue weighted by Gasteiger charge is 2.29. The summed E-state index contributed by atoms with van der Waals surface area (Å²) >= 11 is 0. The van der Waals surface area contributed by atoms with Crippen LogP contribution in [0.1, 0.15) is 51.4 Å². The maximum Gasteiger partial charge on any atom is 0.0543 e. The largest absolute Gasteiger partial charge is 0.393 e. The Bertz CT molecular complexity index is 138. The second-order valence-electron chi connectivity index (χ2n) is 4.63. The van der Waals surface area contributed by atoms with E-state index in [-0.39, 0.29) is 6.10 Å². The number of hydrogen-bond acceptors (Lipinski definition) is 1. The van der Waals surface area contributed by atoms with Crippen LogP contribution in [0.15, 0.2) is 0 Å². The van der Waals surface area contributed by atoms with Crippen molar-refractivity contribution in [2.75, 3.05) is 0 Å². The first-order valence-electron chi connectivity index (χ1n) is 5.54. The molecule has 0 amide bonds. The van der Waals surface area contributed by atoms with E-state index in [9.17, 15) is 5.11 Å². The zero-order chi connectivity index (χ0) is 8.39. The quantitative estimate of drug-likeness (QED) is 0.638. The fraction of sp³-hybridized carbons (Fsp3) is 1.00. The Hall–Kier alpha value is -0.0400. The molecule has 0 bridgehead atoms. The Kier molecular flexibility index (Phi) is 2.69. The molecule has 1 N–H and O–H groups in total. The van der Waals surface area contributed by atoms with Crippen molar-refractivity contribution in [1.29, 1.82) is 0 Å². The highest BCUT2D eigenvalue weighted by molar-refractivity contribution is 4.80. The lowest BCUT2D eigenvalue weighted by molar-refractivity contribution is 0.0805. The summed E-state index contributed by atoms with van der Waals surface area (Å²) in [5.41, 5.74) is 0. The van der Waals surface area contributed by atoms with Crippen molar-refractivity contribution >= 4 is 0 Å². The van der Waals surface area contributed by atoms with Gasteiger partial charge in [0.05, 0.1) is 6.10 Å². The summed E-state index contributed by atoms with van der Waals surface area (Å²) in [6, 6.07) is 0. The highest BCUT2D eigenvalue weighted by Crippen LogP contribution is 2.39. The van der Waals surface area contributed by atoms with Gasteiger partial charge in [0, 0.05) is 0 Å². The minimum absolute atomic E-state index is 0.0318. The van der Waals surface area contributed by atoms with Gasteiger partial charge in [-0.3, -0.25) is 0 Å². The van der Waals surface area contributed by atoms with Gasteiger partial charge in [0.2, 0.25) is 0 Å². The Balaban J connectivity index is 1.85. The first kappa shape index (κ1) is 8.55. The molecule has 1 heteroatoms. The maximum atomic E-state index is 9.54. The van der Waals surface area contributed by atoms with Gasteiger partial charge in [-0.15, -0.1) is 0 Å². The molecule has 2 saturated carbocycles. The average molecular weight is 168 g/mol. The van der Waals surface area contributed by atoms with Gasteiger partial charge >= 0.3 is 0 Å². The molecule has 0 aromatic carbocycles. The Labute approximate surface area is 75.2 Å². The first-order valence-corrected chi connectivity index (χ1v) is 5.54. The second-order valence-corrected chi connectivity index (χ2v) is 4.63. The molecule has 0 radical (unpaired) electrons. The van der Waals surface area contributed by atoms with Crippen molar-refractivity contribution in [3.8, 4) is 0 Å². The van der Waals surface area contributed by atoms with E-state index in [4.69, 9.17) is 0 Å². The maximum absolute atomic E-state index is 9.54. The molecular formula is C11H20O. The minimum atomic E-state index is 0.0318. The minimum Gasteiger partial charge on any atom is -0.393 e. The fourth-order valence-corrected chi connectivity index (χ4v) is 3.06. The number of rotatable bonds is 1. The third-order valence-electron chi connectivity index (χ3n) is 3.75. The smallest absolute Gasteiger partial charge is 0.0543 e. The molecule has 0 aliphatic heterocycles. The molecule has 2 aliphatic rings. The monoisotopic (exact) mass is 168 g/mol. The molecule has 12 heavy (non-hydrogen) atoms. The normalized spacial score (nSPS) is 38.8. The topological polar surface area (TPSA) is 20.2 Å². The molecular weight excluding hydrogens is 148 g/mol. The summed E-state index contributed by atoms with van der Waals surface area (Å²) < 4.78 is 0. The van der Waals surface area contributed by atoms with Crippen LogP contribution in [0.2, 0.25) is 0 Å². The number of aliphatic hydroxyl groups is 1. The molecule has 0 aromatic rings. The third kappa shape index (κ3) is 1.82. The van der Waals surface area contributed by atoms with Crippen molar-refractivity contribution in [3.63, 3.8) is 0 Å². The Morgan fingerprint density at radius 2 is 1.42 bits per heavy atom. The van der Waals surface area contributed by atoms with Gasteiger partial charge in [-0.25, -0.2) is 0 Å². The lowest BCUT2D eigenvalue weighted by atomic mass is 9.78. The van der Waals surface area contributed by atoms with Crippen LogP contribution in [0.25, 0.3) is 0 Å². The summed E-state index contributed by atoms with van der Waals surface area (Å²) in [5.74, 6) is 1.84. The standard InChI is InChI=1S/C11H20O/c12-11-7-3-6-10(8-11)9-4-1-2-5-9/h9-12H,1-8H2/t10-,11-/m0/s1. The van der Waals surface area contributed by atoms with E-state index < -0.39 is 0 Å². The summed E-state index contributed by atoms with van der Waals surface area (Å²) in [6.45, 7) is 0. The molecule has 2 fully saturated rings. The highest BCUT2D eigenvalue weighted by atomic mass is 16.3. The van der Waals surface area contributed by atoms with Crippen LogP contribution in [0.5, 0.6) is 0 Å². The summed E-state index contributed by atoms with van der Waals surface area (Å²) in [4.78, 5) is 0. The lowest BCUT2D eigenvalue weighted by Crippen LogP contribution is -2.24. The molecule has 0 spiro atoms. The number of aliphatic hydroxyl groups excluding tert-OH is 1. The molecule has 2 rings (SSSR count). The Morgan fingerprint density at radius 1 is 0.750 bits per heavy atom. The molecule has 1 nitrogen and oxygen atoms in total. The van der Waals surface area contributed by atoms with Crippen LogP contribution in [0, 0.1) is 11.8 Å². The first-order chi connectivity index (χ1) is 5.86. The van der Waals surface area contributed by atoms with Crippen molar-refractivity contribution in [2.45, 2.75) is 57.5 Å². The van der Waals surface area contributed by atoms with Crippen LogP contribution in [-0.2, 0) is 0 Å². The molecule has 0 heterocycles. The van der Waals surface area contributed by atoms with E-state index in [2.05, 4.69) is 0 Å². The van der Waals surface area contributed by atoms with Crippen molar-refractivity contribution in [1.82, 2.24) is 0 Å². The van der Waals surface area contributed by atoms with E-state index >= 15 is 0 Å². The molecule has 0 aromatic heterocycles. The van der Waals surface area contributed by atoms with Gasteiger partial charge in [-0.1, -0.05) is 32.1 Å². The zero-order valence-electron chi connectivity index (χ0n) is 7.84. The van der Waals surface area contributed by atoms with E-state index in [1.807, 2.05) is 0 Å². The van der Waals surface area contributed by atoms with Gasteiger partial charge in [-0.2, -0.15) is 0 Å². The van der Waals surface area contributed by atoms with E-state index in [0.29, 0.717) is 0 Å². The summed E-state index contributed by atoms with van der Waals surface area (Å²) in [6.07, 6.45) is 10.6. The van der Waals surface area contributed by atoms with Gasteiger partial charge in [0.1, 0.15) is 0 Å². The van der Waals surface area contributed by atoms with Crippen LogP contribution in [0.4, 0.5) is 0 Å².